The summed E-state index contributed by atoms with van der Waals surface area (Å²) in [6, 6.07) is 0.509. The molecule has 2 N–H and O–H groups in total. The van der Waals surface area contributed by atoms with E-state index >= 15 is 0 Å². The van der Waals surface area contributed by atoms with Crippen LogP contribution in [0.1, 0.15) is 45.3 Å². The minimum Gasteiger partial charge on any atom is -0.326 e. The Morgan fingerprint density at radius 2 is 2.25 bits per heavy atom. The minimum absolute atomic E-state index is 0.159. The standard InChI is InChI=1S/C12H21N3S/c1-12(2,3)15-6-4-5-9(13)11(15)10-7-16-8-14-10/h7-9,11H,4-6,13H2,1-3H3. The molecule has 0 amide bonds. The van der Waals surface area contributed by atoms with E-state index in [1.807, 2.05) is 5.51 Å². The quantitative estimate of drug-likeness (QED) is 0.818. The van der Waals surface area contributed by atoms with Gasteiger partial charge in [-0.1, -0.05) is 0 Å². The molecule has 3 nitrogen and oxygen atoms in total. The fraction of sp³-hybridized carbons (Fsp3) is 0.750. The Morgan fingerprint density at radius 1 is 1.50 bits per heavy atom. The van der Waals surface area contributed by atoms with Crippen molar-refractivity contribution in [2.24, 2.45) is 5.73 Å². The summed E-state index contributed by atoms with van der Waals surface area (Å²) in [5, 5.41) is 2.13. The molecule has 0 aromatic carbocycles. The molecule has 2 rings (SSSR count). The molecule has 2 unspecified atom stereocenters. The lowest BCUT2D eigenvalue weighted by Gasteiger charge is -2.46. The Morgan fingerprint density at radius 3 is 2.81 bits per heavy atom. The third-order valence-corrected chi connectivity index (χ3v) is 3.90. The first-order valence-electron chi connectivity index (χ1n) is 5.90. The number of thiazole rings is 1. The monoisotopic (exact) mass is 239 g/mol. The Hall–Kier alpha value is -0.450. The van der Waals surface area contributed by atoms with Gasteiger partial charge in [-0.2, -0.15) is 0 Å². The zero-order valence-electron chi connectivity index (χ0n) is 10.3. The molecule has 0 bridgehead atoms. The third kappa shape index (κ3) is 2.29. The van der Waals surface area contributed by atoms with E-state index in [1.54, 1.807) is 11.3 Å². The van der Waals surface area contributed by atoms with Gasteiger partial charge in [-0.15, -0.1) is 11.3 Å². The number of hydrogen-bond donors (Lipinski definition) is 1. The van der Waals surface area contributed by atoms with E-state index in [9.17, 15) is 0 Å². The predicted octanol–water partition coefficient (Wildman–Crippen LogP) is 2.41. The van der Waals surface area contributed by atoms with E-state index < -0.39 is 0 Å². The van der Waals surface area contributed by atoms with Crippen LogP contribution in [0.3, 0.4) is 0 Å². The number of likely N-dealkylation sites (tertiary alicyclic amines) is 1. The van der Waals surface area contributed by atoms with Crippen molar-refractivity contribution in [1.29, 1.82) is 0 Å². The van der Waals surface area contributed by atoms with Gasteiger partial charge in [-0.3, -0.25) is 4.90 Å². The highest BCUT2D eigenvalue weighted by Crippen LogP contribution is 2.35. The lowest BCUT2D eigenvalue weighted by atomic mass is 9.90. The molecule has 0 aliphatic carbocycles. The summed E-state index contributed by atoms with van der Waals surface area (Å²) >= 11 is 1.65. The van der Waals surface area contributed by atoms with E-state index in [2.05, 4.69) is 36.0 Å². The highest BCUT2D eigenvalue weighted by molar-refractivity contribution is 7.07. The Kier molecular flexibility index (Phi) is 3.33. The number of piperidine rings is 1. The van der Waals surface area contributed by atoms with E-state index in [4.69, 9.17) is 5.73 Å². The van der Waals surface area contributed by atoms with Gasteiger partial charge in [0.25, 0.3) is 0 Å². The van der Waals surface area contributed by atoms with Gasteiger partial charge in [-0.25, -0.2) is 4.98 Å². The van der Waals surface area contributed by atoms with Crippen LogP contribution in [0.4, 0.5) is 0 Å². The highest BCUT2D eigenvalue weighted by Gasteiger charge is 2.37. The molecule has 0 radical (unpaired) electrons. The van der Waals surface area contributed by atoms with Crippen LogP contribution < -0.4 is 5.73 Å². The summed E-state index contributed by atoms with van der Waals surface area (Å²) < 4.78 is 0. The van der Waals surface area contributed by atoms with Crippen molar-refractivity contribution in [1.82, 2.24) is 9.88 Å². The van der Waals surface area contributed by atoms with Gasteiger partial charge >= 0.3 is 0 Å². The van der Waals surface area contributed by atoms with Crippen molar-refractivity contribution in [3.05, 3.63) is 16.6 Å². The zero-order chi connectivity index (χ0) is 11.8. The minimum atomic E-state index is 0.159. The van der Waals surface area contributed by atoms with Crippen LogP contribution >= 0.6 is 11.3 Å². The first-order valence-corrected chi connectivity index (χ1v) is 6.85. The fourth-order valence-electron chi connectivity index (χ4n) is 2.53. The molecule has 1 aliphatic heterocycles. The summed E-state index contributed by atoms with van der Waals surface area (Å²) in [4.78, 5) is 6.95. The van der Waals surface area contributed by atoms with E-state index in [0.29, 0.717) is 6.04 Å². The number of rotatable bonds is 1. The Labute approximate surface area is 102 Å². The highest BCUT2D eigenvalue weighted by atomic mass is 32.1. The number of nitrogens with two attached hydrogens (primary N) is 1. The number of hydrogen-bond acceptors (Lipinski definition) is 4. The molecule has 16 heavy (non-hydrogen) atoms. The van der Waals surface area contributed by atoms with Gasteiger partial charge in [0.15, 0.2) is 0 Å². The van der Waals surface area contributed by atoms with Crippen LogP contribution in [0.25, 0.3) is 0 Å². The molecule has 2 heterocycles. The summed E-state index contributed by atoms with van der Waals surface area (Å²) in [5.41, 5.74) is 9.49. The molecule has 1 aliphatic rings. The van der Waals surface area contributed by atoms with E-state index in [0.717, 1.165) is 18.7 Å². The molecule has 0 saturated carbocycles. The molecule has 1 fully saturated rings. The second-order valence-corrected chi connectivity index (χ2v) is 6.25. The summed E-state index contributed by atoms with van der Waals surface area (Å²) in [7, 11) is 0. The van der Waals surface area contributed by atoms with Crippen molar-refractivity contribution in [2.75, 3.05) is 6.54 Å². The molecular formula is C12H21N3S. The molecule has 4 heteroatoms. The molecule has 1 saturated heterocycles. The summed E-state index contributed by atoms with van der Waals surface area (Å²) in [6.45, 7) is 7.89. The number of aromatic nitrogens is 1. The van der Waals surface area contributed by atoms with Crippen LogP contribution in [0.5, 0.6) is 0 Å². The van der Waals surface area contributed by atoms with Crippen molar-refractivity contribution >= 4 is 11.3 Å². The maximum atomic E-state index is 6.28. The van der Waals surface area contributed by atoms with E-state index in [1.165, 1.54) is 6.42 Å². The molecule has 1 aromatic heterocycles. The largest absolute Gasteiger partial charge is 0.326 e. The second-order valence-electron chi connectivity index (χ2n) is 5.53. The van der Waals surface area contributed by atoms with Gasteiger partial charge in [0.1, 0.15) is 0 Å². The van der Waals surface area contributed by atoms with E-state index in [-0.39, 0.29) is 11.6 Å². The zero-order valence-corrected chi connectivity index (χ0v) is 11.1. The average molecular weight is 239 g/mol. The van der Waals surface area contributed by atoms with Gasteiger partial charge < -0.3 is 5.73 Å². The van der Waals surface area contributed by atoms with Crippen molar-refractivity contribution in [2.45, 2.75) is 51.2 Å². The maximum absolute atomic E-state index is 6.28. The average Bonchev–Trinajstić information content (AvgIpc) is 2.68. The van der Waals surface area contributed by atoms with Gasteiger partial charge in [0.05, 0.1) is 17.2 Å². The number of nitrogens with zero attached hydrogens (tertiary/aromatic N) is 2. The summed E-state index contributed by atoms with van der Waals surface area (Å²) in [6.07, 6.45) is 2.30. The molecule has 0 spiro atoms. The van der Waals surface area contributed by atoms with Crippen molar-refractivity contribution < 1.29 is 0 Å². The van der Waals surface area contributed by atoms with Crippen LogP contribution in [0.2, 0.25) is 0 Å². The van der Waals surface area contributed by atoms with Crippen LogP contribution in [0, 0.1) is 0 Å². The third-order valence-electron chi connectivity index (χ3n) is 3.29. The molecule has 90 valence electrons. The topological polar surface area (TPSA) is 42.1 Å². The maximum Gasteiger partial charge on any atom is 0.0795 e. The smallest absolute Gasteiger partial charge is 0.0795 e. The Balaban J connectivity index is 2.28. The lowest BCUT2D eigenvalue weighted by Crippen LogP contribution is -2.53. The molecule has 2 atom stereocenters. The van der Waals surface area contributed by atoms with Crippen molar-refractivity contribution in [3.63, 3.8) is 0 Å². The van der Waals surface area contributed by atoms with Gasteiger partial charge in [-0.05, 0) is 40.2 Å². The summed E-state index contributed by atoms with van der Waals surface area (Å²) in [5.74, 6) is 0. The van der Waals surface area contributed by atoms with Crippen molar-refractivity contribution in [3.8, 4) is 0 Å². The predicted molar refractivity (Wildman–Crippen MR) is 68.5 cm³/mol. The molecular weight excluding hydrogens is 218 g/mol. The lowest BCUT2D eigenvalue weighted by molar-refractivity contribution is 0.0366. The normalized spacial score (nSPS) is 28.2. The second kappa shape index (κ2) is 4.43. The van der Waals surface area contributed by atoms with Crippen LogP contribution in [-0.4, -0.2) is 28.0 Å². The first-order chi connectivity index (χ1) is 7.50. The first kappa shape index (κ1) is 12.0. The van der Waals surface area contributed by atoms with Gasteiger partial charge in [0.2, 0.25) is 0 Å². The van der Waals surface area contributed by atoms with Crippen LogP contribution in [0.15, 0.2) is 10.9 Å². The Bertz CT molecular complexity index is 329. The SMILES string of the molecule is CC(C)(C)N1CCCC(N)C1c1cscn1. The van der Waals surface area contributed by atoms with Gasteiger partial charge in [0, 0.05) is 17.0 Å². The fourth-order valence-corrected chi connectivity index (χ4v) is 3.11. The molecule has 1 aromatic rings. The van der Waals surface area contributed by atoms with Crippen LogP contribution in [-0.2, 0) is 0 Å².